The van der Waals surface area contributed by atoms with Crippen molar-refractivity contribution in [2.75, 3.05) is 5.32 Å². The molecule has 0 fully saturated rings. The molecular formula is C15H14N7+. The van der Waals surface area contributed by atoms with E-state index in [-0.39, 0.29) is 4.59 Å². The predicted molar refractivity (Wildman–Crippen MR) is 87.6 cm³/mol. The molecule has 0 radical (unpaired) electrons. The van der Waals surface area contributed by atoms with E-state index in [1.807, 2.05) is 49.6 Å². The van der Waals surface area contributed by atoms with Gasteiger partial charge in [0.05, 0.1) is 12.4 Å². The van der Waals surface area contributed by atoms with Gasteiger partial charge in [-0.15, -0.1) is 0 Å². The first-order valence-electron chi connectivity index (χ1n) is 6.88. The molecule has 1 aromatic heterocycles. The molecule has 7 heteroatoms. The zero-order valence-corrected chi connectivity index (χ0v) is 12.0. The van der Waals surface area contributed by atoms with Crippen molar-refractivity contribution in [2.24, 2.45) is 22.1 Å². The zero-order chi connectivity index (χ0) is 15.0. The van der Waals surface area contributed by atoms with Crippen molar-refractivity contribution in [1.29, 1.82) is 0 Å². The van der Waals surface area contributed by atoms with E-state index in [9.17, 15) is 0 Å². The van der Waals surface area contributed by atoms with Crippen LogP contribution in [0.5, 0.6) is 0 Å². The number of hydrogen-bond donors (Lipinski definition) is 1. The maximum Gasteiger partial charge on any atom is 0.288 e. The number of aliphatic imine (C=N–C) groups is 2. The van der Waals surface area contributed by atoms with Gasteiger partial charge in [0.25, 0.3) is 11.8 Å². The summed E-state index contributed by atoms with van der Waals surface area (Å²) in [6.45, 7) is 0. The molecule has 2 aliphatic heterocycles. The van der Waals surface area contributed by atoms with Crippen molar-refractivity contribution >= 4 is 29.5 Å². The fourth-order valence-corrected chi connectivity index (χ4v) is 2.47. The number of aromatic nitrogens is 2. The van der Waals surface area contributed by atoms with Gasteiger partial charge < -0.3 is 5.32 Å². The molecule has 0 amide bonds. The molecule has 1 aromatic carbocycles. The number of para-hydroxylation sites is 1. The maximum absolute atomic E-state index is 4.75. The van der Waals surface area contributed by atoms with Crippen molar-refractivity contribution in [3.05, 3.63) is 55.0 Å². The summed E-state index contributed by atoms with van der Waals surface area (Å²) in [5.41, 5.74) is 1.01. The van der Waals surface area contributed by atoms with Gasteiger partial charge in [0.15, 0.2) is 11.9 Å². The van der Waals surface area contributed by atoms with Gasteiger partial charge in [-0.05, 0) is 5.10 Å². The SMILES string of the molecule is Cn1nccc1NC1=N[N+]2(c3ccccc3)C=CN=CC2=N1. The first-order valence-corrected chi connectivity index (χ1v) is 6.88. The molecule has 2 aromatic rings. The summed E-state index contributed by atoms with van der Waals surface area (Å²) in [6.07, 6.45) is 7.10. The molecule has 1 N–H and O–H groups in total. The van der Waals surface area contributed by atoms with E-state index in [2.05, 4.69) is 20.4 Å². The van der Waals surface area contributed by atoms with Gasteiger partial charge in [-0.3, -0.25) is 9.67 Å². The molecule has 0 bridgehead atoms. The summed E-state index contributed by atoms with van der Waals surface area (Å²) in [5.74, 6) is 2.11. The van der Waals surface area contributed by atoms with Crippen LogP contribution in [-0.4, -0.2) is 27.8 Å². The standard InChI is InChI=1S/C15H14N7/c1-21-13(7-8-17-21)18-15-19-14-11-16-9-10-22(14,20-15)12-5-3-2-4-6-12/h2-11H,1H3,(H,18,20)/q+1. The second kappa shape index (κ2) is 4.74. The monoisotopic (exact) mass is 292 g/mol. The third-order valence-corrected chi connectivity index (χ3v) is 3.59. The number of guanidine groups is 1. The number of aryl methyl sites for hydroxylation is 1. The van der Waals surface area contributed by atoms with Gasteiger partial charge in [-0.25, -0.2) is 0 Å². The average Bonchev–Trinajstić information content (AvgIpc) is 3.13. The first kappa shape index (κ1) is 12.7. The van der Waals surface area contributed by atoms with E-state index in [0.29, 0.717) is 5.96 Å². The highest BCUT2D eigenvalue weighted by Crippen LogP contribution is 2.30. The number of rotatable bonds is 2. The Hall–Kier alpha value is -3.06. The number of nitrogens with one attached hydrogen (secondary N) is 1. The Kier molecular flexibility index (Phi) is 2.73. The minimum Gasteiger partial charge on any atom is -0.305 e. The number of nitrogens with zero attached hydrogens (tertiary/aromatic N) is 6. The van der Waals surface area contributed by atoms with Crippen LogP contribution in [0.15, 0.2) is 70.1 Å². The molecule has 0 saturated heterocycles. The van der Waals surface area contributed by atoms with Gasteiger partial charge in [0.2, 0.25) is 0 Å². The number of hydrogen-bond acceptors (Lipinski definition) is 5. The summed E-state index contributed by atoms with van der Waals surface area (Å²) in [4.78, 5) is 8.73. The summed E-state index contributed by atoms with van der Waals surface area (Å²) in [5, 5.41) is 12.1. The van der Waals surface area contributed by atoms with Gasteiger partial charge in [0, 0.05) is 25.2 Å². The van der Waals surface area contributed by atoms with E-state index in [1.165, 1.54) is 0 Å². The van der Waals surface area contributed by atoms with Crippen molar-refractivity contribution in [1.82, 2.24) is 14.4 Å². The van der Waals surface area contributed by atoms with E-state index in [1.54, 1.807) is 23.3 Å². The van der Waals surface area contributed by atoms with Crippen LogP contribution < -0.4 is 9.91 Å². The van der Waals surface area contributed by atoms with E-state index >= 15 is 0 Å². The summed E-state index contributed by atoms with van der Waals surface area (Å²) >= 11 is 0. The lowest BCUT2D eigenvalue weighted by atomic mass is 10.2. The fourth-order valence-electron chi connectivity index (χ4n) is 2.47. The predicted octanol–water partition coefficient (Wildman–Crippen LogP) is 2.08. The Labute approximate surface area is 127 Å². The van der Waals surface area contributed by atoms with E-state index in [4.69, 9.17) is 5.10 Å². The Bertz CT molecular complexity index is 829. The van der Waals surface area contributed by atoms with Crippen molar-refractivity contribution in [2.45, 2.75) is 0 Å². The third kappa shape index (κ3) is 1.87. The molecule has 0 aliphatic carbocycles. The lowest BCUT2D eigenvalue weighted by Crippen LogP contribution is -2.44. The van der Waals surface area contributed by atoms with E-state index in [0.717, 1.165) is 17.3 Å². The van der Waals surface area contributed by atoms with Gasteiger partial charge in [-0.2, -0.15) is 10.1 Å². The Morgan fingerprint density at radius 2 is 2.00 bits per heavy atom. The highest BCUT2D eigenvalue weighted by molar-refractivity contribution is 6.38. The van der Waals surface area contributed by atoms with Gasteiger partial charge in [-0.1, -0.05) is 22.8 Å². The van der Waals surface area contributed by atoms with Gasteiger partial charge >= 0.3 is 0 Å². The lowest BCUT2D eigenvalue weighted by Gasteiger charge is -2.23. The topological polar surface area (TPSA) is 66.9 Å². The third-order valence-electron chi connectivity index (χ3n) is 3.59. The van der Waals surface area contributed by atoms with Crippen LogP contribution in [0.3, 0.4) is 0 Å². The molecule has 2 aliphatic rings. The molecule has 0 saturated carbocycles. The second-order valence-electron chi connectivity index (χ2n) is 4.96. The lowest BCUT2D eigenvalue weighted by molar-refractivity contribution is 0.592. The van der Waals surface area contributed by atoms with Crippen LogP contribution in [0.4, 0.5) is 11.5 Å². The maximum atomic E-state index is 4.75. The van der Waals surface area contributed by atoms with Crippen molar-refractivity contribution < 1.29 is 0 Å². The van der Waals surface area contributed by atoms with Crippen LogP contribution >= 0.6 is 0 Å². The highest BCUT2D eigenvalue weighted by atomic mass is 15.7. The summed E-state index contributed by atoms with van der Waals surface area (Å²) < 4.78 is 1.92. The molecular weight excluding hydrogens is 278 g/mol. The molecule has 1 unspecified atom stereocenters. The Balaban J connectivity index is 1.77. The summed E-state index contributed by atoms with van der Waals surface area (Å²) in [7, 11) is 1.86. The number of amidine groups is 1. The van der Waals surface area contributed by atoms with Crippen molar-refractivity contribution in [3.8, 4) is 0 Å². The van der Waals surface area contributed by atoms with Crippen LogP contribution in [0.2, 0.25) is 0 Å². The molecule has 4 rings (SSSR count). The molecule has 1 atom stereocenters. The number of anilines is 1. The van der Waals surface area contributed by atoms with Crippen LogP contribution in [-0.2, 0) is 7.05 Å². The largest absolute Gasteiger partial charge is 0.305 e. The average molecular weight is 292 g/mol. The molecule has 22 heavy (non-hydrogen) atoms. The van der Waals surface area contributed by atoms with Crippen LogP contribution in [0, 0.1) is 0 Å². The zero-order valence-electron chi connectivity index (χ0n) is 12.0. The minimum absolute atomic E-state index is 0.185. The van der Waals surface area contributed by atoms with E-state index < -0.39 is 0 Å². The Morgan fingerprint density at radius 3 is 2.77 bits per heavy atom. The van der Waals surface area contributed by atoms with Crippen LogP contribution in [0.1, 0.15) is 0 Å². The highest BCUT2D eigenvalue weighted by Gasteiger charge is 2.42. The number of benzene rings is 1. The Morgan fingerprint density at radius 1 is 1.14 bits per heavy atom. The quantitative estimate of drug-likeness (QED) is 0.861. The summed E-state index contributed by atoms with van der Waals surface area (Å²) in [6, 6.07) is 11.9. The minimum atomic E-state index is 0.185. The van der Waals surface area contributed by atoms with Crippen molar-refractivity contribution in [3.63, 3.8) is 0 Å². The molecule has 7 nitrogen and oxygen atoms in total. The molecule has 108 valence electrons. The smallest absolute Gasteiger partial charge is 0.288 e. The molecule has 3 heterocycles. The second-order valence-corrected chi connectivity index (χ2v) is 4.96. The normalized spacial score (nSPS) is 22.2. The number of fused-ring (bicyclic) bond motifs is 1. The molecule has 0 spiro atoms. The van der Waals surface area contributed by atoms with Gasteiger partial charge in [0.1, 0.15) is 12.0 Å². The van der Waals surface area contributed by atoms with Crippen LogP contribution in [0.25, 0.3) is 0 Å². The number of quaternary nitrogens is 1. The first-order chi connectivity index (χ1) is 10.8. The fraction of sp³-hybridized carbons (Fsp3) is 0.0667.